The van der Waals surface area contributed by atoms with Crippen molar-refractivity contribution in [2.45, 2.75) is 59.0 Å². The van der Waals surface area contributed by atoms with Crippen LogP contribution in [0.5, 0.6) is 0 Å². The topological polar surface area (TPSA) is 49.4 Å². The van der Waals surface area contributed by atoms with Gasteiger partial charge >= 0.3 is 0 Å². The summed E-state index contributed by atoms with van der Waals surface area (Å²) in [5, 5.41) is 3.10. The van der Waals surface area contributed by atoms with Crippen LogP contribution in [0.1, 0.15) is 43.9 Å². The normalized spacial score (nSPS) is 22.6. The van der Waals surface area contributed by atoms with Gasteiger partial charge < -0.3 is 5.32 Å². The molecule has 0 aromatic heterocycles. The van der Waals surface area contributed by atoms with Gasteiger partial charge in [0.25, 0.3) is 5.91 Å². The van der Waals surface area contributed by atoms with Crippen LogP contribution in [0.2, 0.25) is 0 Å². The highest BCUT2D eigenvalue weighted by Crippen LogP contribution is 2.35. The molecule has 2 atom stereocenters. The first kappa shape index (κ1) is 19.7. The van der Waals surface area contributed by atoms with E-state index in [1.165, 1.54) is 11.1 Å². The fourth-order valence-corrected chi connectivity index (χ4v) is 4.73. The lowest BCUT2D eigenvalue weighted by Crippen LogP contribution is -2.66. The molecule has 4 nitrogen and oxygen atoms in total. The Balaban J connectivity index is 1.68. The van der Waals surface area contributed by atoms with Gasteiger partial charge in [0.2, 0.25) is 5.91 Å². The molecule has 29 heavy (non-hydrogen) atoms. The molecule has 2 aromatic carbocycles. The molecule has 152 valence electrons. The van der Waals surface area contributed by atoms with Crippen LogP contribution in [0, 0.1) is 18.3 Å². The van der Waals surface area contributed by atoms with Crippen LogP contribution in [0.3, 0.4) is 0 Å². The zero-order chi connectivity index (χ0) is 20.8. The zero-order valence-corrected chi connectivity index (χ0v) is 17.7. The predicted octanol–water partition coefficient (Wildman–Crippen LogP) is 4.05. The molecule has 0 radical (unpaired) electrons. The molecule has 1 aliphatic carbocycles. The lowest BCUT2D eigenvalue weighted by atomic mass is 9.84. The second kappa shape index (κ2) is 7.33. The molecule has 2 aromatic rings. The van der Waals surface area contributed by atoms with E-state index in [9.17, 15) is 9.59 Å². The molecule has 4 heteroatoms. The molecule has 0 unspecified atom stereocenters. The van der Waals surface area contributed by atoms with E-state index in [0.29, 0.717) is 6.42 Å². The summed E-state index contributed by atoms with van der Waals surface area (Å²) in [6, 6.07) is 15.3. The number of benzene rings is 2. The first-order valence-electron chi connectivity index (χ1n) is 10.5. The molecule has 2 amide bonds. The third-order valence-electron chi connectivity index (χ3n) is 6.06. The van der Waals surface area contributed by atoms with E-state index < -0.39 is 12.1 Å². The molecule has 4 rings (SSSR count). The molecule has 1 N–H and O–H groups in total. The largest absolute Gasteiger partial charge is 0.342 e. The Labute approximate surface area is 173 Å². The van der Waals surface area contributed by atoms with Gasteiger partial charge in [-0.05, 0) is 66.3 Å². The van der Waals surface area contributed by atoms with E-state index in [2.05, 4.69) is 38.2 Å². The van der Waals surface area contributed by atoms with E-state index in [1.54, 1.807) is 4.90 Å². The fourth-order valence-electron chi connectivity index (χ4n) is 4.73. The number of rotatable bonds is 3. The van der Waals surface area contributed by atoms with Gasteiger partial charge in [-0.1, -0.05) is 57.2 Å². The molecule has 0 saturated carbocycles. The maximum Gasteiger partial charge on any atom is 0.250 e. The Hall–Kier alpha value is -2.62. The lowest BCUT2D eigenvalue weighted by molar-refractivity contribution is -0.135. The summed E-state index contributed by atoms with van der Waals surface area (Å²) >= 11 is 0. The van der Waals surface area contributed by atoms with Gasteiger partial charge in [0.1, 0.15) is 12.1 Å². The van der Waals surface area contributed by atoms with Gasteiger partial charge in [-0.3, -0.25) is 14.5 Å². The average Bonchev–Trinajstić information content (AvgIpc) is 3.07. The molecule has 1 saturated heterocycles. The number of nitrogens with zero attached hydrogens (tertiary/aromatic N) is 1. The third-order valence-corrected chi connectivity index (χ3v) is 6.06. The molecule has 0 bridgehead atoms. The van der Waals surface area contributed by atoms with Crippen molar-refractivity contribution in [1.82, 2.24) is 5.32 Å². The van der Waals surface area contributed by atoms with Crippen LogP contribution < -0.4 is 10.2 Å². The monoisotopic (exact) mass is 390 g/mol. The van der Waals surface area contributed by atoms with Crippen molar-refractivity contribution in [3.05, 3.63) is 65.2 Å². The summed E-state index contributed by atoms with van der Waals surface area (Å²) in [6.45, 7) is 8.35. The number of carbonyl (C=O) groups is 2. The highest BCUT2D eigenvalue weighted by molar-refractivity contribution is 6.08. The maximum atomic E-state index is 13.7. The standard InChI is InChI=1S/C25H30N2O2/c1-16-8-7-11-20(12-16)27-21(15-25(2,3)4)23(28)26-22(24(27)29)19-13-17-9-5-6-10-18(17)14-19/h5-12,19,21-22H,13-15H2,1-4H3,(H,26,28)/t21-,22-/m1/s1. The summed E-state index contributed by atoms with van der Waals surface area (Å²) in [5.74, 6) is 0.0796. The predicted molar refractivity (Wildman–Crippen MR) is 116 cm³/mol. The van der Waals surface area contributed by atoms with Crippen molar-refractivity contribution in [1.29, 1.82) is 0 Å². The zero-order valence-electron chi connectivity index (χ0n) is 17.7. The summed E-state index contributed by atoms with van der Waals surface area (Å²) in [6.07, 6.45) is 2.28. The van der Waals surface area contributed by atoms with Crippen LogP contribution >= 0.6 is 0 Å². The number of carbonyl (C=O) groups excluding carboxylic acids is 2. The first-order valence-corrected chi connectivity index (χ1v) is 10.5. The van der Waals surface area contributed by atoms with Gasteiger partial charge in [-0.25, -0.2) is 0 Å². The molecular formula is C25H30N2O2. The number of nitrogens with one attached hydrogen (secondary N) is 1. The van der Waals surface area contributed by atoms with E-state index in [4.69, 9.17) is 0 Å². The number of fused-ring (bicyclic) bond motifs is 1. The highest BCUT2D eigenvalue weighted by atomic mass is 16.2. The Morgan fingerprint density at radius 3 is 2.24 bits per heavy atom. The SMILES string of the molecule is Cc1cccc(N2C(=O)[C@@H](C3Cc4ccccc4C3)NC(=O)[C@H]2CC(C)(C)C)c1. The van der Waals surface area contributed by atoms with Crippen LogP contribution in [-0.2, 0) is 22.4 Å². The van der Waals surface area contributed by atoms with E-state index in [0.717, 1.165) is 24.1 Å². The van der Waals surface area contributed by atoms with Gasteiger partial charge in [-0.2, -0.15) is 0 Å². The van der Waals surface area contributed by atoms with Gasteiger partial charge in [0, 0.05) is 5.69 Å². The summed E-state index contributed by atoms with van der Waals surface area (Å²) in [4.78, 5) is 28.7. The summed E-state index contributed by atoms with van der Waals surface area (Å²) in [5.41, 5.74) is 4.41. The Morgan fingerprint density at radius 1 is 1.00 bits per heavy atom. The van der Waals surface area contributed by atoms with Gasteiger partial charge in [-0.15, -0.1) is 0 Å². The number of hydrogen-bond donors (Lipinski definition) is 1. The summed E-state index contributed by atoms with van der Waals surface area (Å²) in [7, 11) is 0. The van der Waals surface area contributed by atoms with Gasteiger partial charge in [0.15, 0.2) is 0 Å². The molecular weight excluding hydrogens is 360 g/mol. The minimum atomic E-state index is -0.482. The van der Waals surface area contributed by atoms with Crippen LogP contribution in [0.15, 0.2) is 48.5 Å². The molecule has 2 aliphatic rings. The summed E-state index contributed by atoms with van der Waals surface area (Å²) < 4.78 is 0. The molecule has 1 aliphatic heterocycles. The van der Waals surface area contributed by atoms with Crippen molar-refractivity contribution >= 4 is 17.5 Å². The number of hydrogen-bond acceptors (Lipinski definition) is 2. The number of anilines is 1. The number of amides is 2. The van der Waals surface area contributed by atoms with Gasteiger partial charge in [0.05, 0.1) is 0 Å². The third kappa shape index (κ3) is 3.93. The van der Waals surface area contributed by atoms with Crippen molar-refractivity contribution in [3.8, 4) is 0 Å². The van der Waals surface area contributed by atoms with Crippen molar-refractivity contribution < 1.29 is 9.59 Å². The fraction of sp³-hybridized carbons (Fsp3) is 0.440. The van der Waals surface area contributed by atoms with E-state index >= 15 is 0 Å². The smallest absolute Gasteiger partial charge is 0.250 e. The van der Waals surface area contributed by atoms with Crippen molar-refractivity contribution in [2.24, 2.45) is 11.3 Å². The first-order chi connectivity index (χ1) is 13.7. The van der Waals surface area contributed by atoms with Crippen LogP contribution in [0.25, 0.3) is 0 Å². The quantitative estimate of drug-likeness (QED) is 0.860. The molecule has 1 fully saturated rings. The van der Waals surface area contributed by atoms with Crippen molar-refractivity contribution in [2.75, 3.05) is 4.90 Å². The Bertz CT molecular complexity index is 919. The lowest BCUT2D eigenvalue weighted by Gasteiger charge is -2.42. The highest BCUT2D eigenvalue weighted by Gasteiger charge is 2.46. The average molecular weight is 391 g/mol. The maximum absolute atomic E-state index is 13.7. The van der Waals surface area contributed by atoms with E-state index in [-0.39, 0.29) is 23.1 Å². The van der Waals surface area contributed by atoms with Crippen molar-refractivity contribution in [3.63, 3.8) is 0 Å². The molecule has 1 heterocycles. The minimum Gasteiger partial charge on any atom is -0.342 e. The molecule has 0 spiro atoms. The number of piperazine rings is 1. The van der Waals surface area contributed by atoms with Crippen LogP contribution in [-0.4, -0.2) is 23.9 Å². The Morgan fingerprint density at radius 2 is 1.66 bits per heavy atom. The minimum absolute atomic E-state index is 0.0160. The van der Waals surface area contributed by atoms with Crippen LogP contribution in [0.4, 0.5) is 5.69 Å². The van der Waals surface area contributed by atoms with E-state index in [1.807, 2.05) is 43.3 Å². The second-order valence-electron chi connectivity index (χ2n) is 9.75. The Kier molecular flexibility index (Phi) is 4.97. The number of aryl methyl sites for hydroxylation is 1. The second-order valence-corrected chi connectivity index (χ2v) is 9.75.